The Morgan fingerprint density at radius 1 is 1.38 bits per heavy atom. The molecule has 0 saturated carbocycles. The maximum absolute atomic E-state index is 8.58. The summed E-state index contributed by atoms with van der Waals surface area (Å²) in [6.45, 7) is 1.59. The molecule has 0 atom stereocenters. The zero-order valence-electron chi connectivity index (χ0n) is 8.77. The second-order valence-electron chi connectivity index (χ2n) is 3.44. The summed E-state index contributed by atoms with van der Waals surface area (Å²) in [5, 5.41) is 16.1. The molecule has 2 aromatic heterocycles. The average Bonchev–Trinajstić information content (AvgIpc) is 2.95. The van der Waals surface area contributed by atoms with Crippen molar-refractivity contribution in [1.82, 2.24) is 5.32 Å². The lowest BCUT2D eigenvalue weighted by Crippen LogP contribution is -2.15. The van der Waals surface area contributed by atoms with Crippen LogP contribution in [-0.2, 0) is 13.0 Å². The Morgan fingerprint density at radius 3 is 3.00 bits per heavy atom. The van der Waals surface area contributed by atoms with Gasteiger partial charge in [0.05, 0.1) is 6.54 Å². The molecule has 0 spiro atoms. The molecule has 0 aliphatic rings. The highest BCUT2D eigenvalue weighted by molar-refractivity contribution is 7.07. The zero-order chi connectivity index (χ0) is 11.2. The fraction of sp³-hybridized carbons (Fsp3) is 0.250. The van der Waals surface area contributed by atoms with Crippen molar-refractivity contribution in [2.75, 3.05) is 6.54 Å². The Morgan fingerprint density at radius 2 is 2.31 bits per heavy atom. The second-order valence-corrected chi connectivity index (χ2v) is 4.22. The molecular weight excluding hydrogens is 220 g/mol. The van der Waals surface area contributed by atoms with Crippen LogP contribution < -0.4 is 5.32 Å². The van der Waals surface area contributed by atoms with E-state index in [0.717, 1.165) is 18.7 Å². The zero-order valence-corrected chi connectivity index (χ0v) is 9.59. The van der Waals surface area contributed by atoms with Crippen LogP contribution in [0.15, 0.2) is 33.4 Å². The van der Waals surface area contributed by atoms with Gasteiger partial charge in [0.15, 0.2) is 0 Å². The largest absolute Gasteiger partial charge is 0.449 e. The number of thiophene rings is 1. The van der Waals surface area contributed by atoms with Gasteiger partial charge in [0.2, 0.25) is 5.76 Å². The Bertz CT molecular complexity index is 467. The first kappa shape index (κ1) is 10.9. The van der Waals surface area contributed by atoms with E-state index in [9.17, 15) is 0 Å². The molecule has 2 aromatic rings. The van der Waals surface area contributed by atoms with Crippen molar-refractivity contribution in [2.45, 2.75) is 13.0 Å². The van der Waals surface area contributed by atoms with Crippen LogP contribution in [0.5, 0.6) is 0 Å². The van der Waals surface area contributed by atoms with Gasteiger partial charge in [0, 0.05) is 0 Å². The summed E-state index contributed by atoms with van der Waals surface area (Å²) in [5.41, 5.74) is 1.36. The Kier molecular flexibility index (Phi) is 3.76. The third-order valence-electron chi connectivity index (χ3n) is 2.24. The van der Waals surface area contributed by atoms with Crippen molar-refractivity contribution in [3.63, 3.8) is 0 Å². The number of hydrogen-bond acceptors (Lipinski definition) is 4. The Labute approximate surface area is 98.3 Å². The standard InChI is InChI=1S/C12H12N2OS/c13-7-11-1-2-12(15-11)8-14-5-3-10-4-6-16-9-10/h1-2,4,6,9,14H,3,5,8H2. The van der Waals surface area contributed by atoms with Crippen molar-refractivity contribution >= 4 is 11.3 Å². The first-order chi connectivity index (χ1) is 7.88. The fourth-order valence-corrected chi connectivity index (χ4v) is 2.12. The van der Waals surface area contributed by atoms with Crippen LogP contribution in [0.3, 0.4) is 0 Å². The summed E-state index contributed by atoms with van der Waals surface area (Å²) in [6, 6.07) is 7.62. The van der Waals surface area contributed by atoms with Gasteiger partial charge in [-0.15, -0.1) is 0 Å². The summed E-state index contributed by atoms with van der Waals surface area (Å²) in [7, 11) is 0. The van der Waals surface area contributed by atoms with Gasteiger partial charge in [-0.1, -0.05) is 0 Å². The highest BCUT2D eigenvalue weighted by atomic mass is 32.1. The Balaban J connectivity index is 1.70. The van der Waals surface area contributed by atoms with E-state index in [2.05, 4.69) is 22.1 Å². The van der Waals surface area contributed by atoms with Crippen LogP contribution in [0.2, 0.25) is 0 Å². The molecule has 0 saturated heterocycles. The van der Waals surface area contributed by atoms with Crippen molar-refractivity contribution in [1.29, 1.82) is 5.26 Å². The van der Waals surface area contributed by atoms with E-state index >= 15 is 0 Å². The van der Waals surface area contributed by atoms with Gasteiger partial charge in [-0.3, -0.25) is 0 Å². The van der Waals surface area contributed by atoms with Crippen LogP contribution in [0.1, 0.15) is 17.1 Å². The van der Waals surface area contributed by atoms with E-state index in [-0.39, 0.29) is 0 Å². The highest BCUT2D eigenvalue weighted by Crippen LogP contribution is 2.07. The lowest BCUT2D eigenvalue weighted by atomic mass is 10.2. The molecular formula is C12H12N2OS. The van der Waals surface area contributed by atoms with Gasteiger partial charge in [-0.25, -0.2) is 0 Å². The van der Waals surface area contributed by atoms with E-state index in [4.69, 9.17) is 9.68 Å². The van der Waals surface area contributed by atoms with Crippen molar-refractivity contribution in [2.24, 2.45) is 0 Å². The normalized spacial score (nSPS) is 10.2. The van der Waals surface area contributed by atoms with Gasteiger partial charge in [0.1, 0.15) is 11.8 Å². The first-order valence-corrected chi connectivity index (χ1v) is 6.03. The van der Waals surface area contributed by atoms with Crippen LogP contribution in [0.25, 0.3) is 0 Å². The van der Waals surface area contributed by atoms with Crippen LogP contribution >= 0.6 is 11.3 Å². The molecule has 0 radical (unpaired) electrons. The summed E-state index contributed by atoms with van der Waals surface area (Å²) in [4.78, 5) is 0. The highest BCUT2D eigenvalue weighted by Gasteiger charge is 2.00. The van der Waals surface area contributed by atoms with Gasteiger partial charge in [-0.2, -0.15) is 16.6 Å². The molecule has 16 heavy (non-hydrogen) atoms. The van der Waals surface area contributed by atoms with Gasteiger partial charge in [0.25, 0.3) is 0 Å². The molecule has 4 heteroatoms. The monoisotopic (exact) mass is 232 g/mol. The molecule has 82 valence electrons. The molecule has 0 aliphatic heterocycles. The van der Waals surface area contributed by atoms with Gasteiger partial charge in [-0.05, 0) is 47.5 Å². The predicted molar refractivity (Wildman–Crippen MR) is 63.2 cm³/mol. The number of nitriles is 1. The van der Waals surface area contributed by atoms with E-state index in [0.29, 0.717) is 12.3 Å². The molecule has 0 bridgehead atoms. The SMILES string of the molecule is N#Cc1ccc(CNCCc2ccsc2)o1. The summed E-state index contributed by atoms with van der Waals surface area (Å²) >= 11 is 1.72. The number of furan rings is 1. The molecule has 2 rings (SSSR count). The van der Waals surface area contributed by atoms with Crippen molar-refractivity contribution in [3.8, 4) is 6.07 Å². The number of nitrogens with zero attached hydrogens (tertiary/aromatic N) is 1. The number of nitrogens with one attached hydrogen (secondary N) is 1. The third kappa shape index (κ3) is 2.96. The van der Waals surface area contributed by atoms with Crippen LogP contribution in [-0.4, -0.2) is 6.54 Å². The molecule has 0 fully saturated rings. The maximum Gasteiger partial charge on any atom is 0.203 e. The third-order valence-corrected chi connectivity index (χ3v) is 2.97. The second kappa shape index (κ2) is 5.50. The van der Waals surface area contributed by atoms with Crippen LogP contribution in [0.4, 0.5) is 0 Å². The number of hydrogen-bond donors (Lipinski definition) is 1. The van der Waals surface area contributed by atoms with Gasteiger partial charge < -0.3 is 9.73 Å². The minimum absolute atomic E-state index is 0.370. The lowest BCUT2D eigenvalue weighted by Gasteiger charge is -2.00. The summed E-state index contributed by atoms with van der Waals surface area (Å²) in [6.07, 6.45) is 1.02. The minimum Gasteiger partial charge on any atom is -0.449 e. The first-order valence-electron chi connectivity index (χ1n) is 5.09. The van der Waals surface area contributed by atoms with Crippen molar-refractivity contribution < 1.29 is 4.42 Å². The quantitative estimate of drug-likeness (QED) is 0.806. The topological polar surface area (TPSA) is 49.0 Å². The van der Waals surface area contributed by atoms with E-state index in [1.54, 1.807) is 17.4 Å². The average molecular weight is 232 g/mol. The molecule has 3 nitrogen and oxygen atoms in total. The lowest BCUT2D eigenvalue weighted by molar-refractivity contribution is 0.475. The van der Waals surface area contributed by atoms with E-state index < -0.39 is 0 Å². The Hall–Kier alpha value is -1.57. The number of rotatable bonds is 5. The molecule has 0 aromatic carbocycles. The summed E-state index contributed by atoms with van der Waals surface area (Å²) in [5.74, 6) is 1.18. The maximum atomic E-state index is 8.58. The van der Waals surface area contributed by atoms with E-state index in [1.165, 1.54) is 5.56 Å². The minimum atomic E-state index is 0.370. The molecule has 0 aliphatic carbocycles. The molecule has 0 amide bonds. The summed E-state index contributed by atoms with van der Waals surface area (Å²) < 4.78 is 5.25. The van der Waals surface area contributed by atoms with Crippen molar-refractivity contribution in [3.05, 3.63) is 46.0 Å². The fourth-order valence-electron chi connectivity index (χ4n) is 1.41. The van der Waals surface area contributed by atoms with Gasteiger partial charge >= 0.3 is 0 Å². The van der Waals surface area contributed by atoms with E-state index in [1.807, 2.05) is 12.1 Å². The molecule has 0 unspecified atom stereocenters. The predicted octanol–water partition coefficient (Wildman–Crippen LogP) is 2.55. The van der Waals surface area contributed by atoms with Crippen LogP contribution in [0, 0.1) is 11.3 Å². The molecule has 1 N–H and O–H groups in total. The smallest absolute Gasteiger partial charge is 0.203 e. The molecule has 2 heterocycles.